The fraction of sp³-hybridized carbons (Fsp3) is 0.952. The molecule has 0 aromatic heterocycles. The van der Waals surface area contributed by atoms with Gasteiger partial charge < -0.3 is 14.2 Å². The van der Waals surface area contributed by atoms with Crippen molar-refractivity contribution in [1.82, 2.24) is 0 Å². The van der Waals surface area contributed by atoms with E-state index in [-0.39, 0.29) is 23.8 Å². The van der Waals surface area contributed by atoms with Gasteiger partial charge in [-0.15, -0.1) is 0 Å². The molecule has 3 aliphatic carbocycles. The molecule has 4 aliphatic rings. The molecule has 1 saturated heterocycles. The van der Waals surface area contributed by atoms with Gasteiger partial charge in [-0.3, -0.25) is 4.79 Å². The molecular weight excluding hydrogens is 316 g/mol. The van der Waals surface area contributed by atoms with Crippen molar-refractivity contribution in [2.24, 2.45) is 28.6 Å². The monoisotopic (exact) mass is 350 g/mol. The lowest BCUT2D eigenvalue weighted by molar-refractivity contribution is -0.257. The largest absolute Gasteiger partial charge is 0.462 e. The van der Waals surface area contributed by atoms with Crippen LogP contribution in [0.5, 0.6) is 0 Å². The lowest BCUT2D eigenvalue weighted by Crippen LogP contribution is -2.57. The van der Waals surface area contributed by atoms with E-state index in [1.807, 2.05) is 0 Å². The van der Waals surface area contributed by atoms with Gasteiger partial charge in [0.1, 0.15) is 6.10 Å². The third-order valence-electron chi connectivity index (χ3n) is 8.50. The summed E-state index contributed by atoms with van der Waals surface area (Å²) in [5.41, 5.74) is 0.472. The zero-order valence-corrected chi connectivity index (χ0v) is 16.3. The molecule has 0 bridgehead atoms. The van der Waals surface area contributed by atoms with Crippen LogP contribution in [-0.4, -0.2) is 31.6 Å². The molecule has 1 aliphatic heterocycles. The Hall–Kier alpha value is -0.610. The number of methoxy groups -OCH3 is 1. The fourth-order valence-corrected chi connectivity index (χ4v) is 7.19. The predicted octanol–water partition coefficient (Wildman–Crippen LogP) is 4.31. The van der Waals surface area contributed by atoms with E-state index in [4.69, 9.17) is 14.2 Å². The molecule has 0 unspecified atom stereocenters. The van der Waals surface area contributed by atoms with E-state index in [0.29, 0.717) is 17.4 Å². The minimum atomic E-state index is -0.115. The molecule has 1 heterocycles. The standard InChI is InChI=1S/C21H34O4/c1-13(22)24-17-8-6-15-14-5-7-18-21(3,12-10-19(23-4)25-18)16(14)9-11-20(15,17)2/h14-19H,5-12H2,1-4H3/t14-,15+,16-,17-,18-,19-,20+,21-/m1/s1. The molecule has 4 nitrogen and oxygen atoms in total. The molecule has 8 atom stereocenters. The van der Waals surface area contributed by atoms with Crippen molar-refractivity contribution in [3.05, 3.63) is 0 Å². The van der Waals surface area contributed by atoms with Crippen LogP contribution in [0, 0.1) is 28.6 Å². The highest BCUT2D eigenvalue weighted by molar-refractivity contribution is 5.66. The first-order valence-corrected chi connectivity index (χ1v) is 10.2. The van der Waals surface area contributed by atoms with Crippen molar-refractivity contribution in [3.63, 3.8) is 0 Å². The van der Waals surface area contributed by atoms with Crippen LogP contribution in [-0.2, 0) is 19.0 Å². The number of hydrogen-bond donors (Lipinski definition) is 0. The number of hydrogen-bond acceptors (Lipinski definition) is 4. The molecular formula is C21H34O4. The zero-order chi connectivity index (χ0) is 17.8. The first-order valence-electron chi connectivity index (χ1n) is 10.2. The van der Waals surface area contributed by atoms with Gasteiger partial charge in [0.25, 0.3) is 0 Å². The van der Waals surface area contributed by atoms with Gasteiger partial charge in [-0.25, -0.2) is 0 Å². The Bertz CT molecular complexity index is 534. The normalized spacial score (nSPS) is 52.0. The van der Waals surface area contributed by atoms with Gasteiger partial charge in [-0.1, -0.05) is 13.8 Å². The van der Waals surface area contributed by atoms with E-state index < -0.39 is 0 Å². The molecule has 4 fully saturated rings. The molecule has 0 N–H and O–H groups in total. The summed E-state index contributed by atoms with van der Waals surface area (Å²) in [6.07, 6.45) is 9.82. The molecule has 0 aromatic carbocycles. The third kappa shape index (κ3) is 2.66. The van der Waals surface area contributed by atoms with Crippen molar-refractivity contribution in [3.8, 4) is 0 Å². The van der Waals surface area contributed by atoms with E-state index in [9.17, 15) is 4.79 Å². The lowest BCUT2D eigenvalue weighted by Gasteiger charge is -2.60. The summed E-state index contributed by atoms with van der Waals surface area (Å²) in [7, 11) is 1.76. The van der Waals surface area contributed by atoms with Gasteiger partial charge in [0.2, 0.25) is 0 Å². The van der Waals surface area contributed by atoms with Crippen LogP contribution >= 0.6 is 0 Å². The average molecular weight is 350 g/mol. The van der Waals surface area contributed by atoms with E-state index in [1.54, 1.807) is 14.0 Å². The van der Waals surface area contributed by atoms with Gasteiger partial charge in [0, 0.05) is 19.4 Å². The highest BCUT2D eigenvalue weighted by Crippen LogP contribution is 2.65. The Balaban J connectivity index is 1.55. The minimum Gasteiger partial charge on any atom is -0.462 e. The summed E-state index contributed by atoms with van der Waals surface area (Å²) in [6.45, 7) is 6.42. The summed E-state index contributed by atoms with van der Waals surface area (Å²) >= 11 is 0. The van der Waals surface area contributed by atoms with Crippen LogP contribution in [0.15, 0.2) is 0 Å². The van der Waals surface area contributed by atoms with E-state index in [1.165, 1.54) is 32.1 Å². The maximum atomic E-state index is 11.5. The molecule has 3 saturated carbocycles. The number of carbonyl (C=O) groups is 1. The lowest BCUT2D eigenvalue weighted by atomic mass is 9.48. The van der Waals surface area contributed by atoms with Gasteiger partial charge in [-0.05, 0) is 74.5 Å². The summed E-state index contributed by atoms with van der Waals surface area (Å²) in [4.78, 5) is 11.5. The number of ether oxygens (including phenoxy) is 3. The molecule has 4 rings (SSSR count). The highest BCUT2D eigenvalue weighted by Gasteiger charge is 2.61. The average Bonchev–Trinajstić information content (AvgIpc) is 2.90. The van der Waals surface area contributed by atoms with Gasteiger partial charge in [0.05, 0.1) is 6.10 Å². The molecule has 0 aromatic rings. The second-order valence-corrected chi connectivity index (χ2v) is 9.51. The fourth-order valence-electron chi connectivity index (χ4n) is 7.19. The van der Waals surface area contributed by atoms with Crippen LogP contribution in [0.3, 0.4) is 0 Å². The maximum Gasteiger partial charge on any atom is 0.302 e. The van der Waals surface area contributed by atoms with Crippen LogP contribution in [0.4, 0.5) is 0 Å². The van der Waals surface area contributed by atoms with Crippen molar-refractivity contribution in [1.29, 1.82) is 0 Å². The van der Waals surface area contributed by atoms with Crippen molar-refractivity contribution >= 4 is 5.97 Å². The van der Waals surface area contributed by atoms with Gasteiger partial charge in [0.15, 0.2) is 6.29 Å². The van der Waals surface area contributed by atoms with Crippen molar-refractivity contribution < 1.29 is 19.0 Å². The molecule has 0 spiro atoms. The number of fused-ring (bicyclic) bond motifs is 5. The zero-order valence-electron chi connectivity index (χ0n) is 16.3. The van der Waals surface area contributed by atoms with E-state index >= 15 is 0 Å². The van der Waals surface area contributed by atoms with Crippen LogP contribution < -0.4 is 0 Å². The second-order valence-electron chi connectivity index (χ2n) is 9.51. The number of esters is 1. The van der Waals surface area contributed by atoms with Crippen LogP contribution in [0.2, 0.25) is 0 Å². The molecule has 142 valence electrons. The Morgan fingerprint density at radius 1 is 0.960 bits per heavy atom. The first kappa shape index (κ1) is 17.8. The molecule has 4 heteroatoms. The summed E-state index contributed by atoms with van der Waals surface area (Å²) in [5.74, 6) is 2.10. The minimum absolute atomic E-state index is 0.0108. The smallest absolute Gasteiger partial charge is 0.302 e. The summed E-state index contributed by atoms with van der Waals surface area (Å²) < 4.78 is 17.5. The molecule has 0 radical (unpaired) electrons. The van der Waals surface area contributed by atoms with Crippen LogP contribution in [0.25, 0.3) is 0 Å². The van der Waals surface area contributed by atoms with Crippen molar-refractivity contribution in [2.45, 2.75) is 90.6 Å². The third-order valence-corrected chi connectivity index (χ3v) is 8.50. The molecule has 25 heavy (non-hydrogen) atoms. The van der Waals surface area contributed by atoms with Gasteiger partial charge in [-0.2, -0.15) is 0 Å². The number of rotatable bonds is 2. The van der Waals surface area contributed by atoms with E-state index in [2.05, 4.69) is 13.8 Å². The second kappa shape index (κ2) is 6.23. The van der Waals surface area contributed by atoms with Crippen LogP contribution in [0.1, 0.15) is 72.1 Å². The predicted molar refractivity (Wildman–Crippen MR) is 94.8 cm³/mol. The van der Waals surface area contributed by atoms with Gasteiger partial charge >= 0.3 is 5.97 Å². The summed E-state index contributed by atoms with van der Waals surface area (Å²) in [6, 6.07) is 0. The number of carbonyl (C=O) groups excluding carboxylic acids is 1. The topological polar surface area (TPSA) is 44.8 Å². The first-order chi connectivity index (χ1) is 11.9. The van der Waals surface area contributed by atoms with Crippen molar-refractivity contribution in [2.75, 3.05) is 7.11 Å². The Kier molecular flexibility index (Phi) is 4.43. The van der Waals surface area contributed by atoms with E-state index in [0.717, 1.165) is 31.1 Å². The summed E-state index contributed by atoms with van der Waals surface area (Å²) in [5, 5.41) is 0. The maximum absolute atomic E-state index is 11.5. The Labute approximate surface area is 152 Å². The molecule has 0 amide bonds. The Morgan fingerprint density at radius 2 is 1.68 bits per heavy atom. The highest BCUT2D eigenvalue weighted by atomic mass is 16.7. The SMILES string of the molecule is CO[C@H]1CC[C@]2(C)[C@@H]3CC[C@]4(C)[C@H](OC(C)=O)CC[C@H]4[C@H]3CC[C@H]2O1. The Morgan fingerprint density at radius 3 is 2.40 bits per heavy atom. The quantitative estimate of drug-likeness (QED) is 0.696.